The Hall–Kier alpha value is -0.0800. The Kier molecular flexibility index (Phi) is 3.35. The number of hydrogen-bond acceptors (Lipinski definition) is 2. The van der Waals surface area contributed by atoms with E-state index in [1.54, 1.807) is 32.1 Å². The quantitative estimate of drug-likeness (QED) is 0.829. The average Bonchev–Trinajstić information content (AvgIpc) is 2.63. The number of likely N-dealkylation sites (tertiary alicyclic amines) is 1. The van der Waals surface area contributed by atoms with E-state index in [0.717, 1.165) is 42.2 Å². The molecule has 4 bridgehead atoms. The largest absolute Gasteiger partial charge is 0.330 e. The number of nitrogens with zero attached hydrogens (tertiary/aromatic N) is 1. The van der Waals surface area contributed by atoms with Crippen molar-refractivity contribution in [2.45, 2.75) is 57.4 Å². The topological polar surface area (TPSA) is 29.3 Å². The summed E-state index contributed by atoms with van der Waals surface area (Å²) >= 11 is 0. The van der Waals surface area contributed by atoms with Gasteiger partial charge in [-0.05, 0) is 87.6 Å². The molecule has 1 unspecified atom stereocenters. The minimum atomic E-state index is 0.777. The molecule has 0 radical (unpaired) electrons. The summed E-state index contributed by atoms with van der Waals surface area (Å²) in [7, 11) is 0. The smallest absolute Gasteiger partial charge is 0.0152 e. The Balaban J connectivity index is 1.51. The van der Waals surface area contributed by atoms with E-state index in [1.807, 2.05) is 0 Å². The normalized spacial score (nSPS) is 50.4. The molecule has 1 aliphatic heterocycles. The molecule has 2 heteroatoms. The van der Waals surface area contributed by atoms with Crippen LogP contribution in [0.1, 0.15) is 51.4 Å². The molecule has 0 spiro atoms. The van der Waals surface area contributed by atoms with Gasteiger partial charge in [0.15, 0.2) is 0 Å². The fraction of sp³-hybridized carbons (Fsp3) is 1.00. The van der Waals surface area contributed by atoms with Crippen LogP contribution in [0.25, 0.3) is 0 Å². The molecule has 5 aliphatic rings. The molecule has 5 fully saturated rings. The van der Waals surface area contributed by atoms with Crippen LogP contribution < -0.4 is 5.73 Å². The number of hydrogen-bond donors (Lipinski definition) is 1. The van der Waals surface area contributed by atoms with Crippen LogP contribution in [-0.4, -0.2) is 30.6 Å². The maximum Gasteiger partial charge on any atom is 0.0152 e. The zero-order chi connectivity index (χ0) is 12.8. The molecular weight excluding hydrogens is 232 g/mol. The Bertz CT molecular complexity index is 299. The van der Waals surface area contributed by atoms with Crippen molar-refractivity contribution in [3.8, 4) is 0 Å². The van der Waals surface area contributed by atoms with Gasteiger partial charge in [0.1, 0.15) is 0 Å². The Morgan fingerprint density at radius 1 is 0.895 bits per heavy atom. The molecule has 4 aliphatic carbocycles. The second-order valence-electron chi connectivity index (χ2n) is 8.01. The maximum atomic E-state index is 5.98. The molecule has 0 aromatic carbocycles. The molecule has 19 heavy (non-hydrogen) atoms. The summed E-state index contributed by atoms with van der Waals surface area (Å²) in [6.07, 6.45) is 12.0. The van der Waals surface area contributed by atoms with Crippen molar-refractivity contribution in [3.05, 3.63) is 0 Å². The van der Waals surface area contributed by atoms with Gasteiger partial charge in [-0.15, -0.1) is 0 Å². The summed E-state index contributed by atoms with van der Waals surface area (Å²) in [6, 6.07) is 0.944. The van der Waals surface area contributed by atoms with Gasteiger partial charge in [-0.25, -0.2) is 0 Å². The lowest BCUT2D eigenvalue weighted by Crippen LogP contribution is -2.56. The van der Waals surface area contributed by atoms with Crippen molar-refractivity contribution in [1.82, 2.24) is 4.90 Å². The zero-order valence-corrected chi connectivity index (χ0v) is 12.3. The second kappa shape index (κ2) is 5.04. The van der Waals surface area contributed by atoms with Crippen molar-refractivity contribution in [2.75, 3.05) is 19.6 Å². The van der Waals surface area contributed by atoms with Gasteiger partial charge in [0.2, 0.25) is 0 Å². The van der Waals surface area contributed by atoms with Crippen LogP contribution in [0, 0.1) is 29.6 Å². The van der Waals surface area contributed by atoms with Gasteiger partial charge >= 0.3 is 0 Å². The molecule has 0 amide bonds. The van der Waals surface area contributed by atoms with E-state index in [4.69, 9.17) is 5.73 Å². The van der Waals surface area contributed by atoms with Gasteiger partial charge in [0.05, 0.1) is 0 Å². The predicted octanol–water partition coefficient (Wildman–Crippen LogP) is 2.87. The first-order valence-corrected chi connectivity index (χ1v) is 8.77. The van der Waals surface area contributed by atoms with Crippen LogP contribution in [0.4, 0.5) is 0 Å². The SMILES string of the molecule is NCC1CCCCN(C2C3CC4CC(C3)CC2C4)C1. The van der Waals surface area contributed by atoms with Crippen molar-refractivity contribution in [1.29, 1.82) is 0 Å². The monoisotopic (exact) mass is 262 g/mol. The van der Waals surface area contributed by atoms with Crippen LogP contribution >= 0.6 is 0 Å². The Morgan fingerprint density at radius 2 is 1.58 bits per heavy atom. The average molecular weight is 262 g/mol. The van der Waals surface area contributed by atoms with Gasteiger partial charge in [0, 0.05) is 12.6 Å². The minimum Gasteiger partial charge on any atom is -0.330 e. The Labute approximate surface area is 118 Å². The summed E-state index contributed by atoms with van der Waals surface area (Å²) in [5.41, 5.74) is 5.98. The molecule has 108 valence electrons. The lowest BCUT2D eigenvalue weighted by atomic mass is 9.54. The summed E-state index contributed by atoms with van der Waals surface area (Å²) in [4.78, 5) is 2.90. The summed E-state index contributed by atoms with van der Waals surface area (Å²) < 4.78 is 0. The summed E-state index contributed by atoms with van der Waals surface area (Å²) in [6.45, 7) is 3.58. The van der Waals surface area contributed by atoms with Crippen molar-refractivity contribution < 1.29 is 0 Å². The van der Waals surface area contributed by atoms with Crippen molar-refractivity contribution in [2.24, 2.45) is 35.3 Å². The van der Waals surface area contributed by atoms with Crippen LogP contribution in [0.5, 0.6) is 0 Å². The summed E-state index contributed by atoms with van der Waals surface area (Å²) in [5.74, 6) is 5.09. The van der Waals surface area contributed by atoms with Gasteiger partial charge in [-0.3, -0.25) is 4.90 Å². The second-order valence-corrected chi connectivity index (χ2v) is 8.01. The first kappa shape index (κ1) is 12.6. The highest BCUT2D eigenvalue weighted by Gasteiger charge is 2.50. The van der Waals surface area contributed by atoms with E-state index in [2.05, 4.69) is 4.90 Å². The molecule has 0 aromatic rings. The maximum absolute atomic E-state index is 5.98. The Morgan fingerprint density at radius 3 is 2.21 bits per heavy atom. The first-order chi connectivity index (χ1) is 9.33. The molecule has 2 nitrogen and oxygen atoms in total. The lowest BCUT2D eigenvalue weighted by molar-refractivity contribution is -0.0671. The molecule has 0 aromatic heterocycles. The first-order valence-electron chi connectivity index (χ1n) is 8.77. The van der Waals surface area contributed by atoms with Gasteiger partial charge in [-0.1, -0.05) is 6.42 Å². The van der Waals surface area contributed by atoms with Crippen LogP contribution in [-0.2, 0) is 0 Å². The molecule has 1 saturated heterocycles. The fourth-order valence-electron chi connectivity index (χ4n) is 6.22. The van der Waals surface area contributed by atoms with Crippen LogP contribution in [0.3, 0.4) is 0 Å². The molecule has 1 heterocycles. The minimum absolute atomic E-state index is 0.777. The highest BCUT2D eigenvalue weighted by molar-refractivity contribution is 5.02. The molecule has 1 atom stereocenters. The van der Waals surface area contributed by atoms with E-state index in [-0.39, 0.29) is 0 Å². The zero-order valence-electron chi connectivity index (χ0n) is 12.3. The molecular formula is C17H30N2. The third-order valence-electron chi connectivity index (χ3n) is 6.73. The van der Waals surface area contributed by atoms with Crippen molar-refractivity contribution >= 4 is 0 Å². The lowest BCUT2D eigenvalue weighted by Gasteiger charge is -2.57. The van der Waals surface area contributed by atoms with Gasteiger partial charge < -0.3 is 5.73 Å². The molecule has 2 N–H and O–H groups in total. The third kappa shape index (κ3) is 2.25. The molecule has 4 saturated carbocycles. The van der Waals surface area contributed by atoms with Gasteiger partial charge in [0.25, 0.3) is 0 Å². The highest BCUT2D eigenvalue weighted by Crippen LogP contribution is 2.55. The van der Waals surface area contributed by atoms with E-state index in [9.17, 15) is 0 Å². The van der Waals surface area contributed by atoms with E-state index in [1.165, 1.54) is 32.4 Å². The van der Waals surface area contributed by atoms with Crippen LogP contribution in [0.2, 0.25) is 0 Å². The number of rotatable bonds is 2. The van der Waals surface area contributed by atoms with Gasteiger partial charge in [-0.2, -0.15) is 0 Å². The predicted molar refractivity (Wildman–Crippen MR) is 78.8 cm³/mol. The van der Waals surface area contributed by atoms with E-state index in [0.29, 0.717) is 0 Å². The van der Waals surface area contributed by atoms with E-state index >= 15 is 0 Å². The highest BCUT2D eigenvalue weighted by atomic mass is 15.2. The van der Waals surface area contributed by atoms with Crippen molar-refractivity contribution in [3.63, 3.8) is 0 Å². The summed E-state index contributed by atoms with van der Waals surface area (Å²) in [5, 5.41) is 0. The molecule has 5 rings (SSSR count). The standard InChI is InChI=1S/C17H30N2/c18-10-12-3-1-2-4-19(11-12)17-15-6-13-5-14(8-15)9-16(17)7-13/h12-17H,1-11,18H2. The number of nitrogens with two attached hydrogens (primary N) is 1. The third-order valence-corrected chi connectivity index (χ3v) is 6.73. The fourth-order valence-corrected chi connectivity index (χ4v) is 6.22. The van der Waals surface area contributed by atoms with Crippen LogP contribution in [0.15, 0.2) is 0 Å². The van der Waals surface area contributed by atoms with E-state index < -0.39 is 0 Å².